The number of piperazine rings is 1. The van der Waals surface area contributed by atoms with Gasteiger partial charge in [0.2, 0.25) is 0 Å². The first-order valence-corrected chi connectivity index (χ1v) is 9.86. The van der Waals surface area contributed by atoms with E-state index < -0.39 is 0 Å². The van der Waals surface area contributed by atoms with Crippen molar-refractivity contribution in [3.63, 3.8) is 0 Å². The summed E-state index contributed by atoms with van der Waals surface area (Å²) in [4.78, 5) is 25.7. The Bertz CT molecular complexity index is 997. The molecule has 0 spiro atoms. The zero-order chi connectivity index (χ0) is 20.2. The van der Waals surface area contributed by atoms with Crippen LogP contribution in [-0.4, -0.2) is 42.1 Å². The Morgan fingerprint density at radius 2 is 1.62 bits per heavy atom. The molecule has 29 heavy (non-hydrogen) atoms. The lowest BCUT2D eigenvalue weighted by atomic mass is 10.1. The van der Waals surface area contributed by atoms with Gasteiger partial charge in [-0.2, -0.15) is 0 Å². The van der Waals surface area contributed by atoms with Crippen molar-refractivity contribution >= 4 is 23.1 Å². The van der Waals surface area contributed by atoms with Crippen LogP contribution in [-0.2, 0) is 0 Å². The normalized spacial score (nSPS) is 14.0. The minimum atomic E-state index is -0.228. The van der Waals surface area contributed by atoms with E-state index in [-0.39, 0.29) is 5.91 Å². The number of aromatic nitrogens is 2. The summed E-state index contributed by atoms with van der Waals surface area (Å²) in [6.45, 7) is 7.87. The maximum atomic E-state index is 12.5. The van der Waals surface area contributed by atoms with Gasteiger partial charge in [0.1, 0.15) is 17.8 Å². The van der Waals surface area contributed by atoms with Gasteiger partial charge in [0.05, 0.1) is 0 Å². The lowest BCUT2D eigenvalue weighted by Gasteiger charge is -2.37. The first-order chi connectivity index (χ1) is 14.1. The summed E-state index contributed by atoms with van der Waals surface area (Å²) in [5.41, 5.74) is 5.07. The highest BCUT2D eigenvalue weighted by Gasteiger charge is 2.21. The average molecular weight is 387 g/mol. The topological polar surface area (TPSA) is 61.4 Å². The minimum absolute atomic E-state index is 0.228. The highest BCUT2D eigenvalue weighted by atomic mass is 16.1. The number of hydrogen-bond donors (Lipinski definition) is 1. The molecule has 1 N–H and O–H groups in total. The minimum Gasteiger partial charge on any atom is -0.368 e. The molecule has 0 aliphatic carbocycles. The second-order valence-corrected chi connectivity index (χ2v) is 7.27. The second kappa shape index (κ2) is 8.31. The molecule has 6 heteroatoms. The summed E-state index contributed by atoms with van der Waals surface area (Å²) in [5, 5.41) is 2.87. The van der Waals surface area contributed by atoms with Gasteiger partial charge in [0.25, 0.3) is 5.91 Å². The number of nitrogens with one attached hydrogen (secondary N) is 1. The first-order valence-electron chi connectivity index (χ1n) is 9.86. The Balaban J connectivity index is 1.43. The van der Waals surface area contributed by atoms with E-state index in [4.69, 9.17) is 0 Å². The molecule has 148 valence electrons. The molecule has 3 aromatic rings. The Morgan fingerprint density at radius 3 is 2.38 bits per heavy atom. The Kier molecular flexibility index (Phi) is 5.42. The molecule has 6 nitrogen and oxygen atoms in total. The van der Waals surface area contributed by atoms with Crippen molar-refractivity contribution < 1.29 is 4.79 Å². The highest BCUT2D eigenvalue weighted by Crippen LogP contribution is 2.25. The largest absolute Gasteiger partial charge is 0.368 e. The number of rotatable bonds is 4. The van der Waals surface area contributed by atoms with Crippen molar-refractivity contribution in [1.82, 2.24) is 9.97 Å². The van der Waals surface area contributed by atoms with E-state index in [1.165, 1.54) is 23.1 Å². The molecule has 0 atom stereocenters. The molecule has 2 aromatic carbocycles. The number of amides is 1. The van der Waals surface area contributed by atoms with Crippen LogP contribution in [0.25, 0.3) is 0 Å². The van der Waals surface area contributed by atoms with Gasteiger partial charge in [0.15, 0.2) is 0 Å². The number of anilines is 3. The van der Waals surface area contributed by atoms with E-state index in [0.29, 0.717) is 5.69 Å². The summed E-state index contributed by atoms with van der Waals surface area (Å²) < 4.78 is 0. The monoisotopic (exact) mass is 387 g/mol. The second-order valence-electron chi connectivity index (χ2n) is 7.27. The van der Waals surface area contributed by atoms with Gasteiger partial charge in [-0.15, -0.1) is 0 Å². The SMILES string of the molecule is Cc1cccc(N2CCN(c3cc(C(=O)Nc4ccccc4)ncn3)CC2)c1C. The molecule has 4 rings (SSSR count). The summed E-state index contributed by atoms with van der Waals surface area (Å²) in [5.74, 6) is 0.563. The van der Waals surface area contributed by atoms with Crippen LogP contribution in [0.3, 0.4) is 0 Å². The van der Waals surface area contributed by atoms with Gasteiger partial charge in [0, 0.05) is 43.6 Å². The fraction of sp³-hybridized carbons (Fsp3) is 0.261. The molecule has 1 aliphatic rings. The molecular formula is C23H25N5O. The van der Waals surface area contributed by atoms with Gasteiger partial charge < -0.3 is 15.1 Å². The van der Waals surface area contributed by atoms with Crippen molar-refractivity contribution in [2.75, 3.05) is 41.3 Å². The fourth-order valence-electron chi connectivity index (χ4n) is 3.62. The van der Waals surface area contributed by atoms with Crippen LogP contribution in [0, 0.1) is 13.8 Å². The average Bonchev–Trinajstić information content (AvgIpc) is 2.77. The van der Waals surface area contributed by atoms with Crippen LogP contribution in [0.1, 0.15) is 21.6 Å². The maximum Gasteiger partial charge on any atom is 0.274 e. The number of para-hydroxylation sites is 1. The summed E-state index contributed by atoms with van der Waals surface area (Å²) in [7, 11) is 0. The summed E-state index contributed by atoms with van der Waals surface area (Å²) >= 11 is 0. The lowest BCUT2D eigenvalue weighted by Crippen LogP contribution is -2.47. The predicted molar refractivity (Wildman–Crippen MR) is 117 cm³/mol. The number of carbonyl (C=O) groups is 1. The van der Waals surface area contributed by atoms with Crippen LogP contribution in [0.2, 0.25) is 0 Å². The third-order valence-electron chi connectivity index (χ3n) is 5.44. The molecule has 1 aromatic heterocycles. The number of benzene rings is 2. The van der Waals surface area contributed by atoms with Gasteiger partial charge in [-0.3, -0.25) is 4.79 Å². The molecule has 2 heterocycles. The smallest absolute Gasteiger partial charge is 0.274 e. The lowest BCUT2D eigenvalue weighted by molar-refractivity contribution is 0.102. The Labute approximate surface area is 171 Å². The number of nitrogens with zero attached hydrogens (tertiary/aromatic N) is 4. The highest BCUT2D eigenvalue weighted by molar-refractivity contribution is 6.03. The molecule has 0 bridgehead atoms. The third kappa shape index (κ3) is 4.21. The van der Waals surface area contributed by atoms with Crippen LogP contribution < -0.4 is 15.1 Å². The van der Waals surface area contributed by atoms with Crippen LogP contribution in [0.5, 0.6) is 0 Å². The molecule has 1 saturated heterocycles. The van der Waals surface area contributed by atoms with Gasteiger partial charge in [-0.25, -0.2) is 9.97 Å². The van der Waals surface area contributed by atoms with Gasteiger partial charge in [-0.1, -0.05) is 30.3 Å². The van der Waals surface area contributed by atoms with E-state index >= 15 is 0 Å². The van der Waals surface area contributed by atoms with Gasteiger partial charge >= 0.3 is 0 Å². The molecule has 0 saturated carbocycles. The molecule has 0 radical (unpaired) electrons. The molecule has 1 fully saturated rings. The van der Waals surface area contributed by atoms with Gasteiger partial charge in [-0.05, 0) is 43.2 Å². The van der Waals surface area contributed by atoms with E-state index in [2.05, 4.69) is 57.1 Å². The fourth-order valence-corrected chi connectivity index (χ4v) is 3.62. The summed E-state index contributed by atoms with van der Waals surface area (Å²) in [6.07, 6.45) is 1.46. The van der Waals surface area contributed by atoms with Crippen molar-refractivity contribution in [3.05, 3.63) is 77.7 Å². The van der Waals surface area contributed by atoms with E-state index in [1.807, 2.05) is 30.3 Å². The van der Waals surface area contributed by atoms with Crippen LogP contribution in [0.4, 0.5) is 17.2 Å². The zero-order valence-corrected chi connectivity index (χ0v) is 16.8. The quantitative estimate of drug-likeness (QED) is 0.740. The van der Waals surface area contributed by atoms with E-state index in [0.717, 1.165) is 37.7 Å². The third-order valence-corrected chi connectivity index (χ3v) is 5.44. The van der Waals surface area contributed by atoms with Crippen molar-refractivity contribution in [2.24, 2.45) is 0 Å². The van der Waals surface area contributed by atoms with Crippen molar-refractivity contribution in [2.45, 2.75) is 13.8 Å². The Morgan fingerprint density at radius 1 is 0.897 bits per heavy atom. The van der Waals surface area contributed by atoms with E-state index in [9.17, 15) is 4.79 Å². The maximum absolute atomic E-state index is 12.5. The standard InChI is InChI=1S/C23H25N5O/c1-17-7-6-10-21(18(17)2)27-11-13-28(14-12-27)22-15-20(24-16-25-22)23(29)26-19-8-4-3-5-9-19/h3-10,15-16H,11-14H2,1-2H3,(H,26,29). The molecule has 1 aliphatic heterocycles. The van der Waals surface area contributed by atoms with Crippen molar-refractivity contribution in [3.8, 4) is 0 Å². The number of aryl methyl sites for hydroxylation is 1. The number of carbonyl (C=O) groups excluding carboxylic acids is 1. The van der Waals surface area contributed by atoms with E-state index in [1.54, 1.807) is 6.07 Å². The van der Waals surface area contributed by atoms with Crippen LogP contribution in [0.15, 0.2) is 60.9 Å². The summed E-state index contributed by atoms with van der Waals surface area (Å²) in [6, 6.07) is 17.6. The van der Waals surface area contributed by atoms with Crippen LogP contribution >= 0.6 is 0 Å². The first kappa shape index (κ1) is 18.9. The van der Waals surface area contributed by atoms with Crippen molar-refractivity contribution in [1.29, 1.82) is 0 Å². The molecule has 0 unspecified atom stereocenters. The Hall–Kier alpha value is -3.41. The zero-order valence-electron chi connectivity index (χ0n) is 16.8. The predicted octanol–water partition coefficient (Wildman–Crippen LogP) is 3.67. The molecular weight excluding hydrogens is 362 g/mol. The number of hydrogen-bond acceptors (Lipinski definition) is 5. The molecule has 1 amide bonds.